The second-order valence-corrected chi connectivity index (χ2v) is 4.50. The van der Waals surface area contributed by atoms with Crippen LogP contribution in [0.25, 0.3) is 0 Å². The Bertz CT molecular complexity index is 487. The topological polar surface area (TPSA) is 37.8 Å². The van der Waals surface area contributed by atoms with Crippen LogP contribution in [-0.2, 0) is 6.54 Å². The lowest BCUT2D eigenvalue weighted by Crippen LogP contribution is -2.05. The molecule has 5 heteroatoms. The summed E-state index contributed by atoms with van der Waals surface area (Å²) < 4.78 is 13.0. The number of nitrogens with zero attached hydrogens (tertiary/aromatic N) is 2. The van der Waals surface area contributed by atoms with Crippen molar-refractivity contribution in [2.24, 2.45) is 0 Å². The van der Waals surface area contributed by atoms with Crippen molar-refractivity contribution < 1.29 is 4.39 Å². The Morgan fingerprint density at radius 1 is 1.29 bits per heavy atom. The minimum atomic E-state index is -0.248. The van der Waals surface area contributed by atoms with Crippen molar-refractivity contribution in [3.05, 3.63) is 48.0 Å². The van der Waals surface area contributed by atoms with Crippen molar-refractivity contribution in [3.63, 3.8) is 0 Å². The van der Waals surface area contributed by atoms with E-state index in [0.29, 0.717) is 5.16 Å². The highest BCUT2D eigenvalue weighted by molar-refractivity contribution is 7.99. The van der Waals surface area contributed by atoms with Crippen LogP contribution < -0.4 is 5.32 Å². The average molecular weight is 249 g/mol. The van der Waals surface area contributed by atoms with Crippen LogP contribution in [0.4, 0.5) is 4.39 Å². The number of hydrogen-bond acceptors (Lipinski definition) is 4. The molecule has 1 aromatic heterocycles. The van der Waals surface area contributed by atoms with Gasteiger partial charge in [0.05, 0.1) is 0 Å². The number of nitrogens with one attached hydrogen (secondary N) is 1. The summed E-state index contributed by atoms with van der Waals surface area (Å²) in [6.45, 7) is 0.741. The maximum absolute atomic E-state index is 13.0. The molecule has 0 aliphatic rings. The van der Waals surface area contributed by atoms with E-state index in [9.17, 15) is 4.39 Å². The van der Waals surface area contributed by atoms with Gasteiger partial charge in [0.25, 0.3) is 0 Å². The van der Waals surface area contributed by atoms with Gasteiger partial charge in [0.15, 0.2) is 5.16 Å². The number of benzene rings is 1. The van der Waals surface area contributed by atoms with E-state index in [2.05, 4.69) is 15.3 Å². The third kappa shape index (κ3) is 3.51. The molecule has 0 aliphatic heterocycles. The molecular formula is C12H12FN3S. The summed E-state index contributed by atoms with van der Waals surface area (Å²) in [6.07, 6.45) is 3.54. The summed E-state index contributed by atoms with van der Waals surface area (Å²) in [7, 11) is 1.87. The molecule has 1 heterocycles. The smallest absolute Gasteiger partial charge is 0.192 e. The molecule has 1 N–H and O–H groups in total. The fourth-order valence-electron chi connectivity index (χ4n) is 1.33. The first kappa shape index (κ1) is 12.0. The third-order valence-corrected chi connectivity index (χ3v) is 2.95. The second-order valence-electron chi connectivity index (χ2n) is 3.46. The summed E-state index contributed by atoms with van der Waals surface area (Å²) in [5.74, 6) is -0.248. The predicted molar refractivity (Wildman–Crippen MR) is 65.3 cm³/mol. The average Bonchev–Trinajstić information content (AvgIpc) is 2.32. The van der Waals surface area contributed by atoms with Gasteiger partial charge in [-0.15, -0.1) is 0 Å². The molecule has 0 unspecified atom stereocenters. The van der Waals surface area contributed by atoms with Crippen LogP contribution in [0.15, 0.2) is 46.7 Å². The van der Waals surface area contributed by atoms with Gasteiger partial charge in [-0.2, -0.15) is 0 Å². The first-order valence-electron chi connectivity index (χ1n) is 5.17. The Kier molecular flexibility index (Phi) is 4.06. The summed E-state index contributed by atoms with van der Waals surface area (Å²) in [5, 5.41) is 3.65. The van der Waals surface area contributed by atoms with Crippen LogP contribution in [0.2, 0.25) is 0 Å². The zero-order chi connectivity index (χ0) is 12.1. The Balaban J connectivity index is 2.08. The zero-order valence-electron chi connectivity index (χ0n) is 9.35. The van der Waals surface area contributed by atoms with Crippen molar-refractivity contribution in [2.75, 3.05) is 7.05 Å². The van der Waals surface area contributed by atoms with Gasteiger partial charge in [-0.1, -0.05) is 6.07 Å². The van der Waals surface area contributed by atoms with E-state index in [4.69, 9.17) is 0 Å². The zero-order valence-corrected chi connectivity index (χ0v) is 10.2. The summed E-state index contributed by atoms with van der Waals surface area (Å²) in [5.41, 5.74) is 1.02. The van der Waals surface area contributed by atoms with Crippen molar-refractivity contribution >= 4 is 11.8 Å². The van der Waals surface area contributed by atoms with E-state index in [1.54, 1.807) is 18.5 Å². The monoisotopic (exact) mass is 249 g/mol. The minimum Gasteiger partial charge on any atom is -0.316 e. The number of rotatable bonds is 4. The Labute approximate surface area is 103 Å². The second kappa shape index (κ2) is 5.75. The molecule has 3 nitrogen and oxygen atoms in total. The molecule has 0 aliphatic carbocycles. The molecule has 0 atom stereocenters. The maximum atomic E-state index is 13.0. The first-order valence-corrected chi connectivity index (χ1v) is 5.98. The van der Waals surface area contributed by atoms with Crippen LogP contribution in [0, 0.1) is 5.82 Å². The molecule has 0 bridgehead atoms. The van der Waals surface area contributed by atoms with Crippen LogP contribution in [-0.4, -0.2) is 17.0 Å². The lowest BCUT2D eigenvalue weighted by Gasteiger charge is -2.02. The molecule has 88 valence electrons. The van der Waals surface area contributed by atoms with Gasteiger partial charge >= 0.3 is 0 Å². The maximum Gasteiger partial charge on any atom is 0.192 e. The van der Waals surface area contributed by atoms with Crippen molar-refractivity contribution in [1.82, 2.24) is 15.3 Å². The lowest BCUT2D eigenvalue weighted by molar-refractivity contribution is 0.624. The minimum absolute atomic E-state index is 0.248. The van der Waals surface area contributed by atoms with Gasteiger partial charge in [0.1, 0.15) is 5.82 Å². The molecule has 0 saturated heterocycles. The first-order chi connectivity index (χ1) is 8.28. The van der Waals surface area contributed by atoms with E-state index in [0.717, 1.165) is 17.0 Å². The molecule has 17 heavy (non-hydrogen) atoms. The summed E-state index contributed by atoms with van der Waals surface area (Å²) in [4.78, 5) is 9.22. The van der Waals surface area contributed by atoms with E-state index >= 15 is 0 Å². The predicted octanol–water partition coefficient (Wildman–Crippen LogP) is 2.49. The van der Waals surface area contributed by atoms with Crippen LogP contribution >= 0.6 is 11.8 Å². The Morgan fingerprint density at radius 2 is 2.06 bits per heavy atom. The van der Waals surface area contributed by atoms with Gasteiger partial charge < -0.3 is 5.32 Å². The Morgan fingerprint density at radius 3 is 2.71 bits per heavy atom. The molecule has 1 aromatic carbocycles. The van der Waals surface area contributed by atoms with Gasteiger partial charge in [0.2, 0.25) is 0 Å². The molecule has 0 fully saturated rings. The molecule has 0 spiro atoms. The van der Waals surface area contributed by atoms with Crippen molar-refractivity contribution in [1.29, 1.82) is 0 Å². The third-order valence-electron chi connectivity index (χ3n) is 2.07. The lowest BCUT2D eigenvalue weighted by atomic mass is 10.3. The number of aromatic nitrogens is 2. The largest absolute Gasteiger partial charge is 0.316 e. The van der Waals surface area contributed by atoms with Gasteiger partial charge in [-0.05, 0) is 37.0 Å². The number of hydrogen-bond donors (Lipinski definition) is 1. The van der Waals surface area contributed by atoms with Crippen LogP contribution in [0.3, 0.4) is 0 Å². The van der Waals surface area contributed by atoms with Gasteiger partial charge in [-0.3, -0.25) is 0 Å². The quantitative estimate of drug-likeness (QED) is 0.845. The van der Waals surface area contributed by atoms with E-state index < -0.39 is 0 Å². The SMILES string of the molecule is CNCc1cnc(Sc2cccc(F)c2)nc1. The fourth-order valence-corrected chi connectivity index (χ4v) is 2.07. The normalized spacial score (nSPS) is 10.5. The highest BCUT2D eigenvalue weighted by atomic mass is 32.2. The molecule has 2 aromatic rings. The molecule has 0 amide bonds. The van der Waals surface area contributed by atoms with Crippen molar-refractivity contribution in [3.8, 4) is 0 Å². The molecule has 0 saturated carbocycles. The van der Waals surface area contributed by atoms with E-state index in [1.807, 2.05) is 13.1 Å². The Hall–Kier alpha value is -1.46. The standard InChI is InChI=1S/C12H12FN3S/c1-14-6-9-7-15-12(16-8-9)17-11-4-2-3-10(13)5-11/h2-5,7-8,14H,6H2,1H3. The van der Waals surface area contributed by atoms with E-state index in [-0.39, 0.29) is 5.82 Å². The fraction of sp³-hybridized carbons (Fsp3) is 0.167. The molecule has 0 radical (unpaired) electrons. The van der Waals surface area contributed by atoms with Crippen molar-refractivity contribution in [2.45, 2.75) is 16.6 Å². The van der Waals surface area contributed by atoms with Crippen LogP contribution in [0.1, 0.15) is 5.56 Å². The van der Waals surface area contributed by atoms with Gasteiger partial charge in [0, 0.05) is 29.4 Å². The van der Waals surface area contributed by atoms with Crippen LogP contribution in [0.5, 0.6) is 0 Å². The molecular weight excluding hydrogens is 237 g/mol. The molecule has 2 rings (SSSR count). The highest BCUT2D eigenvalue weighted by Gasteiger charge is 2.01. The highest BCUT2D eigenvalue weighted by Crippen LogP contribution is 2.24. The number of halogens is 1. The summed E-state index contributed by atoms with van der Waals surface area (Å²) in [6, 6.07) is 6.39. The summed E-state index contributed by atoms with van der Waals surface area (Å²) >= 11 is 1.35. The van der Waals surface area contributed by atoms with Gasteiger partial charge in [-0.25, -0.2) is 14.4 Å². The van der Waals surface area contributed by atoms with E-state index in [1.165, 1.54) is 23.9 Å².